The summed E-state index contributed by atoms with van der Waals surface area (Å²) < 4.78 is 15.4. The van der Waals surface area contributed by atoms with Crippen LogP contribution in [0.15, 0.2) is 17.7 Å². The average molecular weight is 348 g/mol. The molecule has 0 aromatic heterocycles. The van der Waals surface area contributed by atoms with Crippen molar-refractivity contribution in [1.82, 2.24) is 0 Å². The van der Waals surface area contributed by atoms with E-state index < -0.39 is 12.1 Å². The molecule has 0 saturated carbocycles. The lowest BCUT2D eigenvalue weighted by Crippen LogP contribution is -2.12. The van der Waals surface area contributed by atoms with E-state index in [1.165, 1.54) is 20.3 Å². The zero-order valence-corrected chi connectivity index (χ0v) is 15.2. The molecule has 0 aliphatic carbocycles. The number of aromatic hydroxyl groups is 1. The molecule has 0 fully saturated rings. The third kappa shape index (κ3) is 3.78. The number of esters is 2. The van der Waals surface area contributed by atoms with E-state index in [2.05, 4.69) is 0 Å². The first-order chi connectivity index (χ1) is 11.8. The normalized spacial score (nSPS) is 17.7. The minimum Gasteiger partial charge on any atom is -0.507 e. The summed E-state index contributed by atoms with van der Waals surface area (Å²) >= 11 is 0. The van der Waals surface area contributed by atoms with Gasteiger partial charge in [-0.05, 0) is 25.8 Å². The van der Waals surface area contributed by atoms with E-state index in [-0.39, 0.29) is 23.2 Å². The second-order valence-electron chi connectivity index (χ2n) is 6.32. The Morgan fingerprint density at radius 3 is 2.72 bits per heavy atom. The van der Waals surface area contributed by atoms with Crippen LogP contribution in [0, 0.1) is 12.8 Å². The summed E-state index contributed by atoms with van der Waals surface area (Å²) in [4.78, 5) is 23.6. The van der Waals surface area contributed by atoms with Crippen molar-refractivity contribution >= 4 is 11.9 Å². The molecule has 2 atom stereocenters. The maximum absolute atomic E-state index is 12.1. The third-order valence-electron chi connectivity index (χ3n) is 4.47. The van der Waals surface area contributed by atoms with Gasteiger partial charge < -0.3 is 19.3 Å². The molecule has 0 bridgehead atoms. The standard InChI is InChI=1S/C19H24O6/c1-10(8-11(2)18(21)24-5)6-7-14-16-12(3)15(23-4)9-13(20)17(16)19(22)25-14/h6,9,11,14,20H,7-8H2,1-5H3. The van der Waals surface area contributed by atoms with Crippen LogP contribution in [0.25, 0.3) is 0 Å². The van der Waals surface area contributed by atoms with Gasteiger partial charge >= 0.3 is 11.9 Å². The summed E-state index contributed by atoms with van der Waals surface area (Å²) in [5, 5.41) is 10.1. The van der Waals surface area contributed by atoms with E-state index >= 15 is 0 Å². The highest BCUT2D eigenvalue weighted by Crippen LogP contribution is 2.44. The van der Waals surface area contributed by atoms with Gasteiger partial charge in [0.25, 0.3) is 0 Å². The molecule has 0 amide bonds. The molecule has 1 heterocycles. The lowest BCUT2D eigenvalue weighted by atomic mass is 9.94. The molecule has 1 N–H and O–H groups in total. The SMILES string of the molecule is COC(=O)C(C)CC(C)=CCC1OC(=O)c2c(O)cc(OC)c(C)c21. The zero-order chi connectivity index (χ0) is 18.7. The summed E-state index contributed by atoms with van der Waals surface area (Å²) in [6, 6.07) is 1.43. The molecule has 0 radical (unpaired) electrons. The van der Waals surface area contributed by atoms with Gasteiger partial charge in [0, 0.05) is 18.1 Å². The van der Waals surface area contributed by atoms with Crippen molar-refractivity contribution in [3.05, 3.63) is 34.4 Å². The van der Waals surface area contributed by atoms with Crippen LogP contribution in [0.3, 0.4) is 0 Å². The van der Waals surface area contributed by atoms with Crippen LogP contribution in [0.4, 0.5) is 0 Å². The molecule has 2 unspecified atom stereocenters. The molecule has 2 rings (SSSR count). The lowest BCUT2D eigenvalue weighted by molar-refractivity contribution is -0.144. The fraction of sp³-hybridized carbons (Fsp3) is 0.474. The van der Waals surface area contributed by atoms with Crippen LogP contribution >= 0.6 is 0 Å². The van der Waals surface area contributed by atoms with Crippen molar-refractivity contribution < 1.29 is 28.9 Å². The van der Waals surface area contributed by atoms with Crippen LogP contribution in [0.5, 0.6) is 11.5 Å². The topological polar surface area (TPSA) is 82.1 Å². The number of carbonyl (C=O) groups is 2. The van der Waals surface area contributed by atoms with E-state index in [1.54, 1.807) is 6.92 Å². The van der Waals surface area contributed by atoms with Crippen molar-refractivity contribution in [1.29, 1.82) is 0 Å². The molecular formula is C19H24O6. The lowest BCUT2D eigenvalue weighted by Gasteiger charge is -2.15. The van der Waals surface area contributed by atoms with Gasteiger partial charge in [0.2, 0.25) is 0 Å². The number of ether oxygens (including phenoxy) is 3. The first-order valence-corrected chi connectivity index (χ1v) is 8.15. The highest BCUT2D eigenvalue weighted by atomic mass is 16.6. The number of fused-ring (bicyclic) bond motifs is 1. The molecule has 1 aliphatic heterocycles. The number of phenolic OH excluding ortho intramolecular Hbond substituents is 1. The zero-order valence-electron chi connectivity index (χ0n) is 15.2. The molecule has 0 saturated heterocycles. The molecule has 6 heteroatoms. The summed E-state index contributed by atoms with van der Waals surface area (Å²) in [5.41, 5.74) is 2.65. The monoisotopic (exact) mass is 348 g/mol. The number of rotatable bonds is 6. The van der Waals surface area contributed by atoms with Crippen molar-refractivity contribution in [2.75, 3.05) is 14.2 Å². The van der Waals surface area contributed by atoms with Gasteiger partial charge in [-0.3, -0.25) is 4.79 Å². The van der Waals surface area contributed by atoms with E-state index in [0.717, 1.165) is 11.1 Å². The number of cyclic esters (lactones) is 1. The van der Waals surface area contributed by atoms with E-state index in [1.807, 2.05) is 19.9 Å². The predicted molar refractivity (Wildman–Crippen MR) is 91.7 cm³/mol. The summed E-state index contributed by atoms with van der Waals surface area (Å²) in [6.45, 7) is 5.57. The van der Waals surface area contributed by atoms with Gasteiger partial charge in [-0.1, -0.05) is 18.6 Å². The molecule has 0 spiro atoms. The number of carbonyl (C=O) groups excluding carboxylic acids is 2. The minimum atomic E-state index is -0.530. The largest absolute Gasteiger partial charge is 0.507 e. The Hall–Kier alpha value is -2.50. The third-order valence-corrected chi connectivity index (χ3v) is 4.47. The van der Waals surface area contributed by atoms with Gasteiger partial charge in [-0.25, -0.2) is 4.79 Å². The average Bonchev–Trinajstić information content (AvgIpc) is 2.92. The van der Waals surface area contributed by atoms with Gasteiger partial charge in [0.15, 0.2) is 0 Å². The number of methoxy groups -OCH3 is 2. The van der Waals surface area contributed by atoms with Crippen molar-refractivity contribution in [2.45, 2.75) is 39.7 Å². The Balaban J connectivity index is 2.22. The number of benzene rings is 1. The van der Waals surface area contributed by atoms with E-state index in [4.69, 9.17) is 14.2 Å². The Morgan fingerprint density at radius 2 is 2.12 bits per heavy atom. The van der Waals surface area contributed by atoms with Crippen molar-refractivity contribution in [3.8, 4) is 11.5 Å². The maximum atomic E-state index is 12.1. The molecular weight excluding hydrogens is 324 g/mol. The van der Waals surface area contributed by atoms with Gasteiger partial charge in [0.1, 0.15) is 23.2 Å². The van der Waals surface area contributed by atoms with E-state index in [9.17, 15) is 14.7 Å². The number of phenols is 1. The molecule has 1 aromatic carbocycles. The smallest absolute Gasteiger partial charge is 0.342 e. The fourth-order valence-corrected chi connectivity index (χ4v) is 3.16. The fourth-order valence-electron chi connectivity index (χ4n) is 3.16. The van der Waals surface area contributed by atoms with Gasteiger partial charge in [-0.15, -0.1) is 0 Å². The molecule has 25 heavy (non-hydrogen) atoms. The van der Waals surface area contributed by atoms with Gasteiger partial charge in [0.05, 0.1) is 20.1 Å². The second-order valence-corrected chi connectivity index (χ2v) is 6.32. The second kappa shape index (κ2) is 7.59. The van der Waals surface area contributed by atoms with Crippen LogP contribution in [0.1, 0.15) is 54.3 Å². The van der Waals surface area contributed by atoms with Gasteiger partial charge in [-0.2, -0.15) is 0 Å². The summed E-state index contributed by atoms with van der Waals surface area (Å²) in [7, 11) is 2.88. The van der Waals surface area contributed by atoms with Crippen LogP contribution in [0.2, 0.25) is 0 Å². The van der Waals surface area contributed by atoms with Crippen LogP contribution < -0.4 is 4.74 Å². The highest BCUT2D eigenvalue weighted by Gasteiger charge is 2.36. The first-order valence-electron chi connectivity index (χ1n) is 8.15. The summed E-state index contributed by atoms with van der Waals surface area (Å²) in [5.74, 6) is -0.636. The number of hydrogen-bond donors (Lipinski definition) is 1. The molecule has 136 valence electrons. The minimum absolute atomic E-state index is 0.134. The van der Waals surface area contributed by atoms with Crippen molar-refractivity contribution in [2.24, 2.45) is 5.92 Å². The quantitative estimate of drug-likeness (QED) is 0.626. The predicted octanol–water partition coefficient (Wildman–Crippen LogP) is 3.46. The molecule has 1 aliphatic rings. The van der Waals surface area contributed by atoms with Crippen molar-refractivity contribution in [3.63, 3.8) is 0 Å². The Labute approximate surface area is 147 Å². The Morgan fingerprint density at radius 1 is 1.44 bits per heavy atom. The maximum Gasteiger partial charge on any atom is 0.342 e. The number of hydrogen-bond acceptors (Lipinski definition) is 6. The Bertz CT molecular complexity index is 719. The first kappa shape index (κ1) is 18.8. The van der Waals surface area contributed by atoms with Crippen LogP contribution in [-0.2, 0) is 14.3 Å². The highest BCUT2D eigenvalue weighted by molar-refractivity contribution is 5.98. The molecule has 6 nitrogen and oxygen atoms in total. The molecule has 1 aromatic rings. The van der Waals surface area contributed by atoms with E-state index in [0.29, 0.717) is 24.2 Å². The number of allylic oxidation sites excluding steroid dienone is 1. The Kier molecular flexibility index (Phi) is 5.72. The summed E-state index contributed by atoms with van der Waals surface area (Å²) in [6.07, 6.45) is 2.50. The van der Waals surface area contributed by atoms with Crippen LogP contribution in [-0.4, -0.2) is 31.3 Å².